The van der Waals surface area contributed by atoms with Gasteiger partial charge < -0.3 is 19.5 Å². The first-order chi connectivity index (χ1) is 14.9. The number of allylic oxidation sites excluding steroid dienone is 1. The minimum Gasteiger partial charge on any atom is -0.485 e. The Hall–Kier alpha value is -2.37. The molecule has 0 saturated carbocycles. The molecule has 0 radical (unpaired) electrons. The Labute approximate surface area is 185 Å². The zero-order chi connectivity index (χ0) is 22.3. The zero-order valence-electron chi connectivity index (χ0n) is 19.0. The number of unbranched alkanes of at least 4 members (excludes halogenated alkanes) is 1. The molecule has 5 heteroatoms. The lowest BCUT2D eigenvalue weighted by Gasteiger charge is -2.44. The highest BCUT2D eigenvalue weighted by atomic mass is 19.1. The van der Waals surface area contributed by atoms with Gasteiger partial charge in [-0.1, -0.05) is 37.6 Å². The van der Waals surface area contributed by atoms with Crippen LogP contribution in [0.5, 0.6) is 5.75 Å². The van der Waals surface area contributed by atoms with Crippen LogP contribution >= 0.6 is 0 Å². The summed E-state index contributed by atoms with van der Waals surface area (Å²) >= 11 is 0. The van der Waals surface area contributed by atoms with Crippen LogP contribution in [0.4, 0.5) is 10.1 Å². The van der Waals surface area contributed by atoms with E-state index in [0.717, 1.165) is 35.4 Å². The maximum absolute atomic E-state index is 13.5. The lowest BCUT2D eigenvalue weighted by molar-refractivity contribution is -0.157. The highest BCUT2D eigenvalue weighted by Crippen LogP contribution is 2.44. The summed E-state index contributed by atoms with van der Waals surface area (Å²) in [6, 6.07) is 12.6. The summed E-state index contributed by atoms with van der Waals surface area (Å²) in [5, 5.41) is 3.38. The van der Waals surface area contributed by atoms with Crippen molar-refractivity contribution < 1.29 is 18.6 Å². The van der Waals surface area contributed by atoms with E-state index in [1.807, 2.05) is 51.1 Å². The molecule has 1 N–H and O–H groups in total. The van der Waals surface area contributed by atoms with Gasteiger partial charge in [-0.15, -0.1) is 0 Å². The fourth-order valence-electron chi connectivity index (χ4n) is 3.77. The van der Waals surface area contributed by atoms with Gasteiger partial charge in [-0.05, 0) is 63.1 Å². The molecule has 0 aliphatic carbocycles. The number of halogens is 1. The number of hydrogen-bond donors (Lipinski definition) is 1. The average molecular weight is 428 g/mol. The van der Waals surface area contributed by atoms with Crippen LogP contribution in [0, 0.1) is 5.82 Å². The molecule has 31 heavy (non-hydrogen) atoms. The van der Waals surface area contributed by atoms with E-state index in [9.17, 15) is 4.39 Å². The van der Waals surface area contributed by atoms with Gasteiger partial charge in [-0.2, -0.15) is 0 Å². The van der Waals surface area contributed by atoms with Gasteiger partial charge in [0.25, 0.3) is 0 Å². The third kappa shape index (κ3) is 6.08. The molecular formula is C26H34FNO3. The van der Waals surface area contributed by atoms with Crippen LogP contribution in [0.15, 0.2) is 54.6 Å². The Kier molecular flexibility index (Phi) is 8.10. The van der Waals surface area contributed by atoms with Gasteiger partial charge >= 0.3 is 0 Å². The van der Waals surface area contributed by atoms with Crippen molar-refractivity contribution in [1.29, 1.82) is 0 Å². The second-order valence-corrected chi connectivity index (χ2v) is 8.41. The van der Waals surface area contributed by atoms with E-state index in [4.69, 9.17) is 14.2 Å². The van der Waals surface area contributed by atoms with E-state index in [2.05, 4.69) is 18.3 Å². The molecule has 0 amide bonds. The Morgan fingerprint density at radius 1 is 1.16 bits per heavy atom. The van der Waals surface area contributed by atoms with Gasteiger partial charge in [0.2, 0.25) is 0 Å². The molecule has 1 heterocycles. The van der Waals surface area contributed by atoms with Crippen molar-refractivity contribution in [2.24, 2.45) is 0 Å². The highest BCUT2D eigenvalue weighted by molar-refractivity contribution is 5.53. The fraction of sp³-hybridized carbons (Fsp3) is 0.462. The normalized spacial score (nSPS) is 19.8. The fourth-order valence-corrected chi connectivity index (χ4v) is 3.77. The van der Waals surface area contributed by atoms with Crippen LogP contribution in [0.2, 0.25) is 0 Å². The molecule has 168 valence electrons. The van der Waals surface area contributed by atoms with Crippen molar-refractivity contribution >= 4 is 5.69 Å². The number of nitrogens with one attached hydrogen (secondary N) is 1. The summed E-state index contributed by atoms with van der Waals surface area (Å²) in [4.78, 5) is 0. The van der Waals surface area contributed by atoms with Crippen molar-refractivity contribution in [2.75, 3.05) is 18.5 Å². The molecule has 3 rings (SSSR count). The molecule has 2 aromatic rings. The van der Waals surface area contributed by atoms with E-state index < -0.39 is 5.60 Å². The zero-order valence-corrected chi connectivity index (χ0v) is 19.0. The Balaban J connectivity index is 1.84. The molecule has 2 aromatic carbocycles. The molecular weight excluding hydrogens is 393 g/mol. The minimum atomic E-state index is -0.526. The summed E-state index contributed by atoms with van der Waals surface area (Å²) in [6.45, 7) is 9.93. The molecule has 0 aromatic heterocycles. The van der Waals surface area contributed by atoms with Gasteiger partial charge in [0, 0.05) is 24.4 Å². The van der Waals surface area contributed by atoms with Crippen LogP contribution in [0.25, 0.3) is 0 Å². The molecule has 2 atom stereocenters. The second kappa shape index (κ2) is 10.8. The van der Waals surface area contributed by atoms with Gasteiger partial charge in [0.05, 0.1) is 6.61 Å². The molecule has 0 saturated heterocycles. The molecule has 4 nitrogen and oxygen atoms in total. The standard InChI is InChI=1S/C26H34FNO3/c1-5-7-14-29-24-22-17-21(28-18-19-10-9-11-20(27)16-19)12-13-23(22)31-26(3,4)25(24)30-15-8-6-2/h6,8-13,16-17,24-25,28H,5,7,14-15,18H2,1-4H3/b8-6+. The number of benzene rings is 2. The second-order valence-electron chi connectivity index (χ2n) is 8.41. The number of fused-ring (bicyclic) bond motifs is 1. The van der Waals surface area contributed by atoms with E-state index >= 15 is 0 Å². The predicted octanol–water partition coefficient (Wildman–Crippen LogP) is 6.43. The third-order valence-corrected chi connectivity index (χ3v) is 5.44. The Bertz CT molecular complexity index is 881. The number of rotatable bonds is 10. The summed E-state index contributed by atoms with van der Waals surface area (Å²) in [6.07, 6.45) is 5.56. The van der Waals surface area contributed by atoms with Crippen molar-refractivity contribution in [3.63, 3.8) is 0 Å². The van der Waals surface area contributed by atoms with E-state index in [0.29, 0.717) is 19.8 Å². The Morgan fingerprint density at radius 2 is 2.00 bits per heavy atom. The van der Waals surface area contributed by atoms with E-state index in [1.54, 1.807) is 12.1 Å². The molecule has 1 aliphatic heterocycles. The van der Waals surface area contributed by atoms with Crippen LogP contribution in [0.3, 0.4) is 0 Å². The molecule has 0 bridgehead atoms. The maximum Gasteiger partial charge on any atom is 0.132 e. The van der Waals surface area contributed by atoms with E-state index in [-0.39, 0.29) is 18.0 Å². The molecule has 0 fully saturated rings. The monoisotopic (exact) mass is 427 g/mol. The first-order valence-electron chi connectivity index (χ1n) is 11.1. The first-order valence-corrected chi connectivity index (χ1v) is 11.1. The van der Waals surface area contributed by atoms with Crippen molar-refractivity contribution in [3.8, 4) is 5.75 Å². The molecule has 2 unspecified atom stereocenters. The van der Waals surface area contributed by atoms with Gasteiger partial charge in [0.15, 0.2) is 0 Å². The maximum atomic E-state index is 13.5. The largest absolute Gasteiger partial charge is 0.485 e. The molecule has 1 aliphatic rings. The lowest BCUT2D eigenvalue weighted by atomic mass is 9.87. The predicted molar refractivity (Wildman–Crippen MR) is 123 cm³/mol. The van der Waals surface area contributed by atoms with Crippen LogP contribution in [-0.2, 0) is 16.0 Å². The summed E-state index contributed by atoms with van der Waals surface area (Å²) in [5.41, 5.74) is 2.27. The van der Waals surface area contributed by atoms with Crippen LogP contribution in [0.1, 0.15) is 57.8 Å². The number of anilines is 1. The highest BCUT2D eigenvalue weighted by Gasteiger charge is 2.45. The van der Waals surface area contributed by atoms with Crippen molar-refractivity contribution in [1.82, 2.24) is 0 Å². The SMILES string of the molecule is C/C=C/COC1C(OCCCC)c2cc(NCc3cccc(F)c3)ccc2OC1(C)C. The third-order valence-electron chi connectivity index (χ3n) is 5.44. The first kappa shape index (κ1) is 23.3. The van der Waals surface area contributed by atoms with Gasteiger partial charge in [-0.25, -0.2) is 4.39 Å². The quantitative estimate of drug-likeness (QED) is 0.350. The topological polar surface area (TPSA) is 39.7 Å². The summed E-state index contributed by atoms with van der Waals surface area (Å²) in [7, 11) is 0. The average Bonchev–Trinajstić information content (AvgIpc) is 2.74. The van der Waals surface area contributed by atoms with Gasteiger partial charge in [0.1, 0.15) is 29.4 Å². The minimum absolute atomic E-state index is 0.230. The van der Waals surface area contributed by atoms with Gasteiger partial charge in [-0.3, -0.25) is 0 Å². The lowest BCUT2D eigenvalue weighted by Crippen LogP contribution is -2.51. The molecule has 0 spiro atoms. The summed E-state index contributed by atoms with van der Waals surface area (Å²) in [5.74, 6) is 0.583. The van der Waals surface area contributed by atoms with Crippen molar-refractivity contribution in [3.05, 3.63) is 71.6 Å². The number of hydrogen-bond acceptors (Lipinski definition) is 4. The smallest absolute Gasteiger partial charge is 0.132 e. The Morgan fingerprint density at radius 3 is 2.74 bits per heavy atom. The summed E-state index contributed by atoms with van der Waals surface area (Å²) < 4.78 is 32.4. The van der Waals surface area contributed by atoms with Crippen molar-refractivity contribution in [2.45, 2.75) is 64.9 Å². The number of ether oxygens (including phenoxy) is 3. The van der Waals surface area contributed by atoms with Crippen LogP contribution < -0.4 is 10.1 Å². The van der Waals surface area contributed by atoms with E-state index in [1.165, 1.54) is 6.07 Å². The van der Waals surface area contributed by atoms with Crippen LogP contribution in [-0.4, -0.2) is 24.9 Å².